The van der Waals surface area contributed by atoms with Gasteiger partial charge in [0.1, 0.15) is 23.0 Å². The number of ether oxygens (including phenoxy) is 4. The first-order valence-electron chi connectivity index (χ1n) is 10.6. The molecule has 1 fully saturated rings. The highest BCUT2D eigenvalue weighted by Gasteiger charge is 2.39. The maximum atomic E-state index is 11.9. The number of thiazole rings is 1. The number of aromatic nitrogens is 1. The number of carbonyl (C=O) groups excluding carboxylic acids is 1. The lowest BCUT2D eigenvalue weighted by molar-refractivity contribution is -0.150. The smallest absolute Gasteiger partial charge is 0.309 e. The summed E-state index contributed by atoms with van der Waals surface area (Å²) in [7, 11) is 1.67. The number of hydrogen-bond donors (Lipinski definition) is 1. The number of methoxy groups -OCH3 is 1. The SMILES string of the molecule is COCCCOc1cc(COC[C@@H](O)[C@@H]2CC(C(C)C)C(=O)O2)ccc1-c1nccs1. The monoisotopic (exact) mass is 449 g/mol. The lowest BCUT2D eigenvalue weighted by Crippen LogP contribution is -2.30. The van der Waals surface area contributed by atoms with Crippen LogP contribution in [0.1, 0.15) is 32.3 Å². The van der Waals surface area contributed by atoms with Crippen LogP contribution in [-0.2, 0) is 25.6 Å². The zero-order valence-corrected chi connectivity index (χ0v) is 19.1. The summed E-state index contributed by atoms with van der Waals surface area (Å²) >= 11 is 1.56. The molecular formula is C23H31NO6S. The summed E-state index contributed by atoms with van der Waals surface area (Å²) in [6.07, 6.45) is 1.74. The second kappa shape index (κ2) is 11.6. The van der Waals surface area contributed by atoms with Crippen molar-refractivity contribution in [3.63, 3.8) is 0 Å². The number of cyclic esters (lactones) is 1. The predicted molar refractivity (Wildman–Crippen MR) is 118 cm³/mol. The molecule has 170 valence electrons. The second-order valence-corrected chi connectivity index (χ2v) is 8.90. The van der Waals surface area contributed by atoms with E-state index in [2.05, 4.69) is 4.98 Å². The lowest BCUT2D eigenvalue weighted by atomic mass is 9.91. The number of aliphatic hydroxyl groups excluding tert-OH is 1. The first-order valence-corrected chi connectivity index (χ1v) is 11.5. The Balaban J connectivity index is 1.56. The average molecular weight is 450 g/mol. The topological polar surface area (TPSA) is 87.1 Å². The molecule has 0 amide bonds. The van der Waals surface area contributed by atoms with E-state index >= 15 is 0 Å². The van der Waals surface area contributed by atoms with Crippen LogP contribution < -0.4 is 4.74 Å². The van der Waals surface area contributed by atoms with Gasteiger partial charge in [0, 0.05) is 38.1 Å². The minimum Gasteiger partial charge on any atom is -0.493 e. The highest BCUT2D eigenvalue weighted by Crippen LogP contribution is 2.33. The van der Waals surface area contributed by atoms with Gasteiger partial charge in [0.15, 0.2) is 0 Å². The van der Waals surface area contributed by atoms with Gasteiger partial charge in [0.2, 0.25) is 0 Å². The van der Waals surface area contributed by atoms with Gasteiger partial charge in [0.05, 0.1) is 31.3 Å². The Kier molecular flexibility index (Phi) is 8.83. The maximum absolute atomic E-state index is 11.9. The van der Waals surface area contributed by atoms with E-state index < -0.39 is 12.2 Å². The Bertz CT molecular complexity index is 825. The van der Waals surface area contributed by atoms with Gasteiger partial charge in [-0.3, -0.25) is 4.79 Å². The van der Waals surface area contributed by atoms with Crippen LogP contribution in [0.2, 0.25) is 0 Å². The lowest BCUT2D eigenvalue weighted by Gasteiger charge is -2.18. The number of benzene rings is 1. The van der Waals surface area contributed by atoms with Crippen molar-refractivity contribution < 1.29 is 28.8 Å². The summed E-state index contributed by atoms with van der Waals surface area (Å²) in [6.45, 7) is 5.57. The van der Waals surface area contributed by atoms with Crippen molar-refractivity contribution in [1.29, 1.82) is 0 Å². The van der Waals surface area contributed by atoms with Gasteiger partial charge in [-0.15, -0.1) is 11.3 Å². The van der Waals surface area contributed by atoms with E-state index in [-0.39, 0.29) is 24.4 Å². The van der Waals surface area contributed by atoms with E-state index in [1.165, 1.54) is 0 Å². The maximum Gasteiger partial charge on any atom is 0.309 e. The molecule has 1 aromatic carbocycles. The van der Waals surface area contributed by atoms with Crippen LogP contribution in [0.25, 0.3) is 10.6 Å². The van der Waals surface area contributed by atoms with Crippen LogP contribution in [0.5, 0.6) is 5.75 Å². The first kappa shape index (κ1) is 23.7. The van der Waals surface area contributed by atoms with E-state index in [0.717, 1.165) is 28.3 Å². The van der Waals surface area contributed by atoms with E-state index in [1.807, 2.05) is 37.4 Å². The van der Waals surface area contributed by atoms with Crippen molar-refractivity contribution >= 4 is 17.3 Å². The summed E-state index contributed by atoms with van der Waals surface area (Å²) < 4.78 is 22.1. The molecule has 7 nitrogen and oxygen atoms in total. The van der Waals surface area contributed by atoms with Crippen molar-refractivity contribution in [3.05, 3.63) is 35.3 Å². The number of esters is 1. The van der Waals surface area contributed by atoms with Crippen molar-refractivity contribution in [2.24, 2.45) is 11.8 Å². The molecule has 3 atom stereocenters. The van der Waals surface area contributed by atoms with Crippen molar-refractivity contribution in [2.75, 3.05) is 26.9 Å². The van der Waals surface area contributed by atoms with Gasteiger partial charge in [0.25, 0.3) is 0 Å². The normalized spacial score (nSPS) is 19.6. The number of carbonyl (C=O) groups is 1. The van der Waals surface area contributed by atoms with Crippen LogP contribution in [0.4, 0.5) is 0 Å². The second-order valence-electron chi connectivity index (χ2n) is 8.01. The van der Waals surface area contributed by atoms with Gasteiger partial charge < -0.3 is 24.1 Å². The highest BCUT2D eigenvalue weighted by molar-refractivity contribution is 7.13. The molecule has 2 aromatic rings. The van der Waals surface area contributed by atoms with Crippen molar-refractivity contribution in [3.8, 4) is 16.3 Å². The molecule has 8 heteroatoms. The molecule has 0 bridgehead atoms. The Labute approximate surface area is 187 Å². The summed E-state index contributed by atoms with van der Waals surface area (Å²) in [5.74, 6) is 0.560. The van der Waals surface area contributed by atoms with Crippen molar-refractivity contribution in [2.45, 2.75) is 45.5 Å². The first-order chi connectivity index (χ1) is 15.0. The fourth-order valence-electron chi connectivity index (χ4n) is 3.51. The Morgan fingerprint density at radius 3 is 2.84 bits per heavy atom. The zero-order chi connectivity index (χ0) is 22.2. The number of hydrogen-bond acceptors (Lipinski definition) is 8. The standard InChI is InChI=1S/C23H31NO6S/c1-15(2)18-12-21(30-23(18)26)19(25)14-28-13-16-5-6-17(22-24-7-10-31-22)20(11-16)29-9-4-8-27-3/h5-7,10-11,15,18-19,21,25H,4,8-9,12-14H2,1-3H3/t18?,19-,21+/m1/s1. The largest absolute Gasteiger partial charge is 0.493 e. The molecule has 31 heavy (non-hydrogen) atoms. The molecule has 0 spiro atoms. The van der Waals surface area contributed by atoms with Crippen LogP contribution >= 0.6 is 11.3 Å². The highest BCUT2D eigenvalue weighted by atomic mass is 32.1. The summed E-state index contributed by atoms with van der Waals surface area (Å²) in [4.78, 5) is 16.3. The molecule has 0 aliphatic carbocycles. The number of nitrogens with zero attached hydrogens (tertiary/aromatic N) is 1. The molecule has 0 radical (unpaired) electrons. The molecule has 1 unspecified atom stereocenters. The van der Waals surface area contributed by atoms with Crippen LogP contribution in [0.15, 0.2) is 29.8 Å². The van der Waals surface area contributed by atoms with Gasteiger partial charge in [-0.25, -0.2) is 4.98 Å². The summed E-state index contributed by atoms with van der Waals surface area (Å²) in [5.41, 5.74) is 1.87. The fourth-order valence-corrected chi connectivity index (χ4v) is 4.18. The molecule has 1 N–H and O–H groups in total. The van der Waals surface area contributed by atoms with E-state index in [0.29, 0.717) is 26.2 Å². The van der Waals surface area contributed by atoms with E-state index in [9.17, 15) is 9.90 Å². The number of rotatable bonds is 12. The van der Waals surface area contributed by atoms with Gasteiger partial charge in [-0.2, -0.15) is 0 Å². The third kappa shape index (κ3) is 6.49. The molecule has 1 aliphatic rings. The Morgan fingerprint density at radius 2 is 2.16 bits per heavy atom. The van der Waals surface area contributed by atoms with Crippen molar-refractivity contribution in [1.82, 2.24) is 4.98 Å². The van der Waals surface area contributed by atoms with E-state index in [1.54, 1.807) is 24.6 Å². The van der Waals surface area contributed by atoms with Crippen LogP contribution in [0, 0.1) is 11.8 Å². The molecule has 1 aliphatic heterocycles. The molecule has 1 aromatic heterocycles. The third-order valence-corrected chi connectivity index (χ3v) is 6.11. The molecule has 3 rings (SSSR count). The van der Waals surface area contributed by atoms with Gasteiger partial charge >= 0.3 is 5.97 Å². The van der Waals surface area contributed by atoms with E-state index in [4.69, 9.17) is 18.9 Å². The summed E-state index contributed by atoms with van der Waals surface area (Å²) in [6, 6.07) is 5.89. The number of aliphatic hydroxyl groups is 1. The minimum absolute atomic E-state index is 0.0982. The van der Waals surface area contributed by atoms with Gasteiger partial charge in [-0.1, -0.05) is 19.9 Å². The fraction of sp³-hybridized carbons (Fsp3) is 0.565. The third-order valence-electron chi connectivity index (χ3n) is 5.31. The molecule has 2 heterocycles. The zero-order valence-electron chi connectivity index (χ0n) is 18.3. The summed E-state index contributed by atoms with van der Waals surface area (Å²) in [5, 5.41) is 13.2. The molecule has 1 saturated heterocycles. The molecular weight excluding hydrogens is 418 g/mol. The average Bonchev–Trinajstić information content (AvgIpc) is 3.41. The molecule has 0 saturated carbocycles. The van der Waals surface area contributed by atoms with Gasteiger partial charge in [-0.05, 0) is 23.6 Å². The predicted octanol–water partition coefficient (Wildman–Crippen LogP) is 3.69. The van der Waals surface area contributed by atoms with Crippen LogP contribution in [-0.4, -0.2) is 55.2 Å². The Hall–Kier alpha value is -2.00. The van der Waals surface area contributed by atoms with Crippen LogP contribution in [0.3, 0.4) is 0 Å². The quantitative estimate of drug-likeness (QED) is 0.391. The minimum atomic E-state index is -0.841. The Morgan fingerprint density at radius 1 is 1.32 bits per heavy atom.